The van der Waals surface area contributed by atoms with Crippen LogP contribution in [-0.4, -0.2) is 50.8 Å². The highest BCUT2D eigenvalue weighted by Crippen LogP contribution is 2.22. The van der Waals surface area contributed by atoms with E-state index in [9.17, 15) is 4.79 Å². The van der Waals surface area contributed by atoms with Crippen molar-refractivity contribution in [3.8, 4) is 0 Å². The molecular formula is C13H20N4O2. The van der Waals surface area contributed by atoms with E-state index >= 15 is 0 Å². The maximum Gasteiger partial charge on any atom is 0.226 e. The monoisotopic (exact) mass is 264 g/mol. The van der Waals surface area contributed by atoms with Gasteiger partial charge in [0, 0.05) is 39.3 Å². The van der Waals surface area contributed by atoms with Crippen molar-refractivity contribution in [2.45, 2.75) is 12.5 Å². The minimum atomic E-state index is -0.0286. The van der Waals surface area contributed by atoms with Crippen LogP contribution in [0.5, 0.6) is 0 Å². The number of pyridine rings is 1. The summed E-state index contributed by atoms with van der Waals surface area (Å²) in [6.07, 6.45) is 3.78. The van der Waals surface area contributed by atoms with Crippen molar-refractivity contribution >= 4 is 17.3 Å². The van der Waals surface area contributed by atoms with E-state index in [0.717, 1.165) is 17.9 Å². The summed E-state index contributed by atoms with van der Waals surface area (Å²) in [5.41, 5.74) is 1.67. The van der Waals surface area contributed by atoms with E-state index in [1.807, 2.05) is 25.1 Å². The molecule has 1 atom stereocenters. The number of anilines is 2. The molecule has 1 saturated heterocycles. The van der Waals surface area contributed by atoms with Crippen molar-refractivity contribution in [2.75, 3.05) is 44.1 Å². The van der Waals surface area contributed by atoms with Gasteiger partial charge < -0.3 is 20.3 Å². The van der Waals surface area contributed by atoms with E-state index in [-0.39, 0.29) is 11.9 Å². The Balaban J connectivity index is 1.94. The first-order chi connectivity index (χ1) is 9.16. The number of nitrogens with zero attached hydrogens (tertiary/aromatic N) is 2. The molecule has 2 heterocycles. The average molecular weight is 264 g/mol. The van der Waals surface area contributed by atoms with Gasteiger partial charge in [-0.25, -0.2) is 0 Å². The van der Waals surface area contributed by atoms with E-state index in [1.54, 1.807) is 12.4 Å². The van der Waals surface area contributed by atoms with Crippen LogP contribution in [0.2, 0.25) is 0 Å². The third-order valence-electron chi connectivity index (χ3n) is 2.98. The second-order valence-corrected chi connectivity index (χ2v) is 4.77. The smallest absolute Gasteiger partial charge is 0.226 e. The molecule has 0 saturated carbocycles. The van der Waals surface area contributed by atoms with Gasteiger partial charge >= 0.3 is 0 Å². The van der Waals surface area contributed by atoms with Crippen molar-refractivity contribution in [2.24, 2.45) is 0 Å². The predicted octanol–water partition coefficient (Wildman–Crippen LogP) is 0.465. The van der Waals surface area contributed by atoms with Gasteiger partial charge in [0.15, 0.2) is 0 Å². The number of ether oxygens (including phenoxy) is 1. The summed E-state index contributed by atoms with van der Waals surface area (Å²) in [6, 6.07) is 1.96. The zero-order valence-corrected chi connectivity index (χ0v) is 11.3. The lowest BCUT2D eigenvalue weighted by Crippen LogP contribution is -2.43. The Morgan fingerprint density at radius 1 is 1.63 bits per heavy atom. The van der Waals surface area contributed by atoms with Gasteiger partial charge in [-0.3, -0.25) is 9.78 Å². The van der Waals surface area contributed by atoms with E-state index in [2.05, 4.69) is 15.6 Å². The summed E-state index contributed by atoms with van der Waals surface area (Å²) in [5.74, 6) is -0.0286. The third kappa shape index (κ3) is 3.90. The highest BCUT2D eigenvalue weighted by molar-refractivity contribution is 5.94. The van der Waals surface area contributed by atoms with E-state index < -0.39 is 0 Å². The van der Waals surface area contributed by atoms with Crippen LogP contribution in [0, 0.1) is 0 Å². The van der Waals surface area contributed by atoms with Gasteiger partial charge in [0.25, 0.3) is 0 Å². The molecule has 0 spiro atoms. The number of carbonyl (C=O) groups is 1. The van der Waals surface area contributed by atoms with Crippen molar-refractivity contribution in [3.05, 3.63) is 18.5 Å². The molecule has 1 aliphatic heterocycles. The van der Waals surface area contributed by atoms with Crippen LogP contribution in [0.3, 0.4) is 0 Å². The molecule has 6 nitrogen and oxygen atoms in total. The Morgan fingerprint density at radius 2 is 2.47 bits per heavy atom. The molecule has 1 amide bonds. The fourth-order valence-electron chi connectivity index (χ4n) is 2.05. The van der Waals surface area contributed by atoms with Gasteiger partial charge in [-0.1, -0.05) is 0 Å². The Labute approximate surface area is 113 Å². The molecule has 0 radical (unpaired) electrons. The molecule has 1 aromatic heterocycles. The molecule has 0 aliphatic carbocycles. The van der Waals surface area contributed by atoms with Gasteiger partial charge in [0.1, 0.15) is 0 Å². The number of carbonyl (C=O) groups excluding carboxylic acids is 1. The van der Waals surface area contributed by atoms with E-state index in [0.29, 0.717) is 19.6 Å². The maximum absolute atomic E-state index is 12.0. The first-order valence-electron chi connectivity index (χ1n) is 6.39. The van der Waals surface area contributed by atoms with Crippen LogP contribution >= 0.6 is 0 Å². The zero-order valence-electron chi connectivity index (χ0n) is 11.3. The summed E-state index contributed by atoms with van der Waals surface area (Å²) in [6.45, 7) is 2.10. The first-order valence-corrected chi connectivity index (χ1v) is 6.39. The minimum absolute atomic E-state index is 0.0286. The summed E-state index contributed by atoms with van der Waals surface area (Å²) >= 11 is 0. The summed E-state index contributed by atoms with van der Waals surface area (Å²) < 4.78 is 5.33. The van der Waals surface area contributed by atoms with Gasteiger partial charge in [-0.05, 0) is 6.07 Å². The Hall–Kier alpha value is -1.66. The molecule has 2 rings (SSSR count). The van der Waals surface area contributed by atoms with Crippen molar-refractivity contribution < 1.29 is 9.53 Å². The van der Waals surface area contributed by atoms with Gasteiger partial charge in [0.05, 0.1) is 30.8 Å². The first kappa shape index (κ1) is 13.8. The second-order valence-electron chi connectivity index (χ2n) is 4.77. The zero-order chi connectivity index (χ0) is 13.7. The van der Waals surface area contributed by atoms with Crippen LogP contribution in [0.4, 0.5) is 11.4 Å². The van der Waals surface area contributed by atoms with Gasteiger partial charge in [-0.15, -0.1) is 0 Å². The van der Waals surface area contributed by atoms with Crippen LogP contribution in [-0.2, 0) is 9.53 Å². The molecule has 1 aromatic rings. The summed E-state index contributed by atoms with van der Waals surface area (Å²) in [5, 5.41) is 6.16. The lowest BCUT2D eigenvalue weighted by atomic mass is 10.2. The lowest BCUT2D eigenvalue weighted by Gasteiger charge is -2.23. The molecule has 1 aliphatic rings. The number of rotatable bonds is 4. The van der Waals surface area contributed by atoms with E-state index in [1.165, 1.54) is 0 Å². The molecular weight excluding hydrogens is 244 g/mol. The maximum atomic E-state index is 12.0. The largest absolute Gasteiger partial charge is 0.378 e. The van der Waals surface area contributed by atoms with Gasteiger partial charge in [-0.2, -0.15) is 0 Å². The number of aromatic nitrogens is 1. The fraction of sp³-hybridized carbons (Fsp3) is 0.538. The van der Waals surface area contributed by atoms with Crippen LogP contribution < -0.4 is 15.5 Å². The fourth-order valence-corrected chi connectivity index (χ4v) is 2.05. The number of hydrogen-bond donors (Lipinski definition) is 2. The Morgan fingerprint density at radius 3 is 3.16 bits per heavy atom. The highest BCUT2D eigenvalue weighted by Gasteiger charge is 2.17. The molecule has 1 fully saturated rings. The average Bonchev–Trinajstić information content (AvgIpc) is 2.40. The molecule has 2 N–H and O–H groups in total. The van der Waals surface area contributed by atoms with Gasteiger partial charge in [0.2, 0.25) is 5.91 Å². The van der Waals surface area contributed by atoms with Crippen LogP contribution in [0.15, 0.2) is 18.5 Å². The third-order valence-corrected chi connectivity index (χ3v) is 2.98. The molecule has 104 valence electrons. The molecule has 0 bridgehead atoms. The summed E-state index contributed by atoms with van der Waals surface area (Å²) in [4.78, 5) is 18.0. The van der Waals surface area contributed by atoms with Crippen LogP contribution in [0.1, 0.15) is 6.42 Å². The molecule has 6 heteroatoms. The standard InChI is InChI=1S/C13H20N4O2/c1-17(2)12-3-4-14-8-11(12)16-13(18)7-10-9-19-6-5-15-10/h3-4,8,10,15H,5-7,9H2,1-2H3,(H,16,18). The normalized spacial score (nSPS) is 18.9. The predicted molar refractivity (Wildman–Crippen MR) is 74.4 cm³/mol. The molecule has 1 unspecified atom stereocenters. The van der Waals surface area contributed by atoms with Crippen LogP contribution in [0.25, 0.3) is 0 Å². The molecule has 19 heavy (non-hydrogen) atoms. The topological polar surface area (TPSA) is 66.5 Å². The summed E-state index contributed by atoms with van der Waals surface area (Å²) in [7, 11) is 3.86. The Kier molecular flexibility index (Phi) is 4.70. The molecule has 0 aromatic carbocycles. The lowest BCUT2D eigenvalue weighted by molar-refractivity contribution is -0.117. The number of hydrogen-bond acceptors (Lipinski definition) is 5. The van der Waals surface area contributed by atoms with E-state index in [4.69, 9.17) is 4.74 Å². The Bertz CT molecular complexity index is 430. The quantitative estimate of drug-likeness (QED) is 0.827. The minimum Gasteiger partial charge on any atom is -0.378 e. The number of morpholine rings is 1. The van der Waals surface area contributed by atoms with Crippen molar-refractivity contribution in [1.82, 2.24) is 10.3 Å². The highest BCUT2D eigenvalue weighted by atomic mass is 16.5. The van der Waals surface area contributed by atoms with Crippen molar-refractivity contribution in [3.63, 3.8) is 0 Å². The van der Waals surface area contributed by atoms with Crippen molar-refractivity contribution in [1.29, 1.82) is 0 Å². The number of amides is 1. The number of nitrogens with one attached hydrogen (secondary N) is 2. The second kappa shape index (κ2) is 6.49. The SMILES string of the molecule is CN(C)c1ccncc1NC(=O)CC1COCCN1.